The van der Waals surface area contributed by atoms with Gasteiger partial charge in [-0.1, -0.05) is 38.3 Å². The maximum Gasteiger partial charge on any atom is 0.342 e. The predicted molar refractivity (Wildman–Crippen MR) is 97.9 cm³/mol. The van der Waals surface area contributed by atoms with Gasteiger partial charge in [0.15, 0.2) is 0 Å². The average Bonchev–Trinajstić information content (AvgIpc) is 2.53. The lowest BCUT2D eigenvalue weighted by molar-refractivity contribution is -0.155. The molecule has 0 heterocycles. The molecule has 0 aromatic heterocycles. The molecule has 0 spiro atoms. The molecule has 0 unspecified atom stereocenters. The lowest BCUT2D eigenvalue weighted by Gasteiger charge is -2.19. The van der Waals surface area contributed by atoms with E-state index in [1.165, 1.54) is 7.05 Å². The fourth-order valence-electron chi connectivity index (χ4n) is 2.11. The van der Waals surface area contributed by atoms with Crippen LogP contribution in [0.1, 0.15) is 43.2 Å². The van der Waals surface area contributed by atoms with Crippen LogP contribution in [0.15, 0.2) is 24.3 Å². The first-order valence-corrected chi connectivity index (χ1v) is 10.8. The van der Waals surface area contributed by atoms with Crippen LogP contribution >= 0.6 is 19.4 Å². The smallest absolute Gasteiger partial charge is 0.342 e. The number of nitrogens with zero attached hydrogens (tertiary/aromatic N) is 1. The first-order valence-electron chi connectivity index (χ1n) is 8.10. The zero-order valence-corrected chi connectivity index (χ0v) is 16.2. The van der Waals surface area contributed by atoms with E-state index in [-0.39, 0.29) is 5.75 Å². The number of rotatable bonds is 11. The highest BCUT2D eigenvalue weighted by Crippen LogP contribution is 2.58. The van der Waals surface area contributed by atoms with Crippen molar-refractivity contribution < 1.29 is 29.1 Å². The Kier molecular flexibility index (Phi) is 9.53. The van der Waals surface area contributed by atoms with Crippen LogP contribution in [0.3, 0.4) is 0 Å². The van der Waals surface area contributed by atoms with E-state index in [9.17, 15) is 19.1 Å². The second-order valence-electron chi connectivity index (χ2n) is 5.65. The highest BCUT2D eigenvalue weighted by atomic mass is 32.2. The minimum absolute atomic E-state index is 0.245. The summed E-state index contributed by atoms with van der Waals surface area (Å²) >= 11 is 0.792. The summed E-state index contributed by atoms with van der Waals surface area (Å²) in [5.74, 6) is -0.337. The van der Waals surface area contributed by atoms with E-state index in [0.29, 0.717) is 23.0 Å². The molecule has 1 atom stereocenters. The molecule has 9 heteroatoms. The van der Waals surface area contributed by atoms with Crippen molar-refractivity contribution in [2.45, 2.75) is 37.6 Å². The second-order valence-corrected chi connectivity index (χ2v) is 8.79. The first-order chi connectivity index (χ1) is 11.8. The molecule has 1 aromatic carbocycles. The summed E-state index contributed by atoms with van der Waals surface area (Å²) in [4.78, 5) is 29.5. The van der Waals surface area contributed by atoms with Crippen LogP contribution < -0.4 is 4.74 Å². The quantitative estimate of drug-likeness (QED) is 0.230. The van der Waals surface area contributed by atoms with E-state index in [4.69, 9.17) is 9.94 Å². The highest BCUT2D eigenvalue weighted by Gasteiger charge is 2.32. The van der Waals surface area contributed by atoms with Crippen LogP contribution in [0, 0.1) is 0 Å². The molecular weight excluding hydrogens is 365 g/mol. The van der Waals surface area contributed by atoms with Gasteiger partial charge >= 0.3 is 7.60 Å². The molecule has 0 aliphatic carbocycles. The van der Waals surface area contributed by atoms with Crippen molar-refractivity contribution in [2.75, 3.05) is 19.4 Å². The number of hydroxylamine groups is 2. The van der Waals surface area contributed by atoms with E-state index >= 15 is 0 Å². The number of unbranched alkanes of at least 4 members (excludes halogenated alkanes) is 3. The van der Waals surface area contributed by atoms with Gasteiger partial charge in [0.05, 0.1) is 12.4 Å². The maximum absolute atomic E-state index is 11.8. The maximum atomic E-state index is 11.8. The van der Waals surface area contributed by atoms with Gasteiger partial charge < -0.3 is 14.5 Å². The summed E-state index contributed by atoms with van der Waals surface area (Å²) in [5, 5.41) is 9.47. The molecule has 0 saturated carbocycles. The Bertz CT molecular complexity index is 592. The summed E-state index contributed by atoms with van der Waals surface area (Å²) in [6.45, 7) is 2.68. The molecule has 142 valence electrons. The van der Waals surface area contributed by atoms with Gasteiger partial charge in [-0.2, -0.15) is 0 Å². The lowest BCUT2D eigenvalue weighted by Crippen LogP contribution is -2.24. The van der Waals surface area contributed by atoms with E-state index in [1.807, 2.05) is 0 Å². The highest BCUT2D eigenvalue weighted by molar-refractivity contribution is 8.05. The molecule has 0 fully saturated rings. The fourth-order valence-corrected chi connectivity index (χ4v) is 4.48. The normalized spacial score (nSPS) is 12.7. The van der Waals surface area contributed by atoms with Crippen molar-refractivity contribution in [1.29, 1.82) is 0 Å². The van der Waals surface area contributed by atoms with E-state index in [2.05, 4.69) is 6.92 Å². The van der Waals surface area contributed by atoms with Crippen molar-refractivity contribution in [2.24, 2.45) is 0 Å². The number of hydrogen-bond donors (Lipinski definition) is 3. The molecule has 1 aromatic rings. The van der Waals surface area contributed by atoms with Gasteiger partial charge in [-0.25, -0.2) is 5.06 Å². The molecule has 25 heavy (non-hydrogen) atoms. The molecule has 0 bridgehead atoms. The van der Waals surface area contributed by atoms with Crippen molar-refractivity contribution in [3.63, 3.8) is 0 Å². The van der Waals surface area contributed by atoms with Gasteiger partial charge in [-0.3, -0.25) is 14.6 Å². The zero-order chi connectivity index (χ0) is 18.9. The standard InChI is InChI=1S/C16H26NO6PS/c1-3-4-5-6-10-23-14-9-7-8-13(11-14)16(24(20,21)22)25-12-15(18)17(2)19/h7-9,11,16,19H,3-6,10,12H2,1-2H3,(H2,20,21,22)/t16-/m0/s1. The van der Waals surface area contributed by atoms with Crippen LogP contribution in [0.2, 0.25) is 0 Å². The zero-order valence-electron chi connectivity index (χ0n) is 14.5. The number of amides is 1. The van der Waals surface area contributed by atoms with Crippen molar-refractivity contribution >= 4 is 25.3 Å². The van der Waals surface area contributed by atoms with Gasteiger partial charge in [0, 0.05) is 7.05 Å². The van der Waals surface area contributed by atoms with Crippen LogP contribution in [0.5, 0.6) is 5.75 Å². The molecule has 0 aliphatic rings. The minimum atomic E-state index is -4.49. The molecule has 0 aliphatic heterocycles. The molecule has 0 saturated heterocycles. The summed E-state index contributed by atoms with van der Waals surface area (Å²) in [6, 6.07) is 6.58. The number of benzene rings is 1. The first kappa shape index (κ1) is 22.0. The molecule has 3 N–H and O–H groups in total. The third-order valence-corrected chi connectivity index (χ3v) is 6.62. The van der Waals surface area contributed by atoms with E-state index < -0.39 is 18.5 Å². The van der Waals surface area contributed by atoms with Gasteiger partial charge in [-0.15, -0.1) is 11.8 Å². The third kappa shape index (κ3) is 8.25. The molecule has 7 nitrogen and oxygen atoms in total. The monoisotopic (exact) mass is 391 g/mol. The summed E-state index contributed by atoms with van der Waals surface area (Å²) in [7, 11) is -3.32. The van der Waals surface area contributed by atoms with Crippen molar-refractivity contribution in [3.8, 4) is 5.75 Å². The number of thioether (sulfide) groups is 1. The Morgan fingerprint density at radius 1 is 1.32 bits per heavy atom. The van der Waals surface area contributed by atoms with E-state index in [1.54, 1.807) is 24.3 Å². The van der Waals surface area contributed by atoms with Crippen LogP contribution in [0.25, 0.3) is 0 Å². The van der Waals surface area contributed by atoms with Gasteiger partial charge in [0.25, 0.3) is 5.91 Å². The Labute approximate surface area is 152 Å². The van der Waals surface area contributed by atoms with Crippen LogP contribution in [-0.2, 0) is 9.36 Å². The van der Waals surface area contributed by atoms with Gasteiger partial charge in [0.1, 0.15) is 10.7 Å². The number of ether oxygens (including phenoxy) is 1. The minimum Gasteiger partial charge on any atom is -0.494 e. The molecule has 0 radical (unpaired) electrons. The molecular formula is C16H26NO6PS. The van der Waals surface area contributed by atoms with E-state index in [0.717, 1.165) is 37.4 Å². The number of carbonyl (C=O) groups excluding carboxylic acids is 1. The summed E-state index contributed by atoms with van der Waals surface area (Å²) in [6.07, 6.45) is 4.28. The largest absolute Gasteiger partial charge is 0.494 e. The van der Waals surface area contributed by atoms with Gasteiger partial charge in [0.2, 0.25) is 0 Å². The fraction of sp³-hybridized carbons (Fsp3) is 0.562. The molecule has 1 amide bonds. The topological polar surface area (TPSA) is 107 Å². The van der Waals surface area contributed by atoms with Crippen LogP contribution in [-0.4, -0.2) is 45.4 Å². The van der Waals surface area contributed by atoms with Gasteiger partial charge in [-0.05, 0) is 24.1 Å². The number of carbonyl (C=O) groups is 1. The summed E-state index contributed by atoms with van der Waals surface area (Å²) < 4.78 is 17.4. The third-order valence-electron chi connectivity index (χ3n) is 3.44. The Morgan fingerprint density at radius 2 is 2.04 bits per heavy atom. The average molecular weight is 391 g/mol. The Hall–Kier alpha value is -1.05. The lowest BCUT2D eigenvalue weighted by atomic mass is 10.2. The second kappa shape index (κ2) is 10.8. The summed E-state index contributed by atoms with van der Waals surface area (Å²) in [5.41, 5.74) is 0.387. The Morgan fingerprint density at radius 3 is 2.64 bits per heavy atom. The van der Waals surface area contributed by atoms with Crippen LogP contribution in [0.4, 0.5) is 0 Å². The molecule has 1 rings (SSSR count). The SMILES string of the molecule is CCCCCCOc1cccc([C@H](SCC(=O)N(C)O)P(=O)(O)O)c1. The predicted octanol–water partition coefficient (Wildman–Crippen LogP) is 3.40. The van der Waals surface area contributed by atoms with Crippen molar-refractivity contribution in [3.05, 3.63) is 29.8 Å². The Balaban J connectivity index is 2.76. The number of hydrogen-bond acceptors (Lipinski definition) is 5. The van der Waals surface area contributed by atoms with Crippen molar-refractivity contribution in [1.82, 2.24) is 5.06 Å².